The molecule has 2 aliphatic rings. The molecule has 2 heteroatoms. The molecule has 2 fully saturated rings. The SMILES string of the molecule is CC(C)[C@@H]1CC[C@@H](C)C[C@@H]1[Se][C@H](C)[C@@H]1CCCO1. The van der Waals surface area contributed by atoms with E-state index in [1.807, 2.05) is 0 Å². The third-order valence-corrected chi connectivity index (χ3v) is 8.25. The molecule has 1 aliphatic heterocycles. The molecule has 1 heterocycles. The van der Waals surface area contributed by atoms with Crippen molar-refractivity contribution in [2.24, 2.45) is 17.8 Å². The molecule has 0 amide bonds. The van der Waals surface area contributed by atoms with Crippen molar-refractivity contribution in [3.8, 4) is 0 Å². The van der Waals surface area contributed by atoms with Gasteiger partial charge in [-0.25, -0.2) is 0 Å². The Balaban J connectivity index is 1.90. The second kappa shape index (κ2) is 6.77. The molecule has 0 N–H and O–H groups in total. The van der Waals surface area contributed by atoms with Crippen LogP contribution >= 0.6 is 0 Å². The van der Waals surface area contributed by atoms with Crippen LogP contribution in [0.15, 0.2) is 0 Å². The molecule has 0 aromatic rings. The van der Waals surface area contributed by atoms with Gasteiger partial charge in [-0.2, -0.15) is 0 Å². The molecule has 0 spiro atoms. The van der Waals surface area contributed by atoms with E-state index < -0.39 is 0 Å². The summed E-state index contributed by atoms with van der Waals surface area (Å²) in [7, 11) is 0. The molecule has 1 saturated carbocycles. The zero-order chi connectivity index (χ0) is 13.1. The summed E-state index contributed by atoms with van der Waals surface area (Å²) in [6.07, 6.45) is 7.62. The maximum atomic E-state index is 5.89. The molecule has 2 rings (SSSR count). The first-order valence-corrected chi connectivity index (χ1v) is 9.82. The minimum absolute atomic E-state index is 0.593. The predicted octanol–water partition coefficient (Wildman–Crippen LogP) is 4.56. The summed E-state index contributed by atoms with van der Waals surface area (Å²) in [6.45, 7) is 10.8. The Kier molecular flexibility index (Phi) is 5.60. The van der Waals surface area contributed by atoms with Crippen LogP contribution in [0.1, 0.15) is 59.8 Å². The van der Waals surface area contributed by atoms with Gasteiger partial charge in [-0.05, 0) is 0 Å². The van der Waals surface area contributed by atoms with Gasteiger partial charge in [0, 0.05) is 0 Å². The summed E-state index contributed by atoms with van der Waals surface area (Å²) in [6, 6.07) is 0. The molecule has 1 saturated heterocycles. The van der Waals surface area contributed by atoms with Crippen molar-refractivity contribution < 1.29 is 4.74 Å². The Morgan fingerprint density at radius 3 is 2.50 bits per heavy atom. The van der Waals surface area contributed by atoms with Gasteiger partial charge in [0.15, 0.2) is 0 Å². The zero-order valence-corrected chi connectivity index (χ0v) is 14.2. The van der Waals surface area contributed by atoms with Crippen LogP contribution in [0, 0.1) is 17.8 Å². The topological polar surface area (TPSA) is 9.23 Å². The third kappa shape index (κ3) is 3.74. The molecule has 0 radical (unpaired) electrons. The minimum atomic E-state index is 0.593. The third-order valence-electron chi connectivity index (χ3n) is 4.84. The van der Waals surface area contributed by atoms with Crippen molar-refractivity contribution in [2.45, 2.75) is 75.5 Å². The number of rotatable bonds is 4. The van der Waals surface area contributed by atoms with Crippen molar-refractivity contribution in [2.75, 3.05) is 6.61 Å². The molecule has 106 valence electrons. The average Bonchev–Trinajstić information content (AvgIpc) is 2.81. The summed E-state index contributed by atoms with van der Waals surface area (Å²) in [5.74, 6) is 2.83. The van der Waals surface area contributed by atoms with Gasteiger partial charge in [0.1, 0.15) is 0 Å². The quantitative estimate of drug-likeness (QED) is 0.691. The van der Waals surface area contributed by atoms with E-state index in [-0.39, 0.29) is 0 Å². The van der Waals surface area contributed by atoms with E-state index in [1.54, 1.807) is 0 Å². The zero-order valence-electron chi connectivity index (χ0n) is 12.5. The molecule has 18 heavy (non-hydrogen) atoms. The first-order chi connectivity index (χ1) is 8.58. The van der Waals surface area contributed by atoms with Crippen LogP contribution in [0.3, 0.4) is 0 Å². The normalized spacial score (nSPS) is 39.2. The van der Waals surface area contributed by atoms with Gasteiger partial charge >= 0.3 is 120 Å². The average molecular weight is 317 g/mol. The van der Waals surface area contributed by atoms with E-state index >= 15 is 0 Å². The predicted molar refractivity (Wildman–Crippen MR) is 79.2 cm³/mol. The molecule has 1 aliphatic carbocycles. The Bertz CT molecular complexity index is 247. The molecule has 0 unspecified atom stereocenters. The van der Waals surface area contributed by atoms with E-state index in [0.29, 0.717) is 6.10 Å². The fourth-order valence-corrected chi connectivity index (χ4v) is 7.87. The summed E-state index contributed by atoms with van der Waals surface area (Å²) >= 11 is 0.776. The second-order valence-corrected chi connectivity index (χ2v) is 10.2. The fraction of sp³-hybridized carbons (Fsp3) is 1.00. The van der Waals surface area contributed by atoms with Gasteiger partial charge in [-0.3, -0.25) is 0 Å². The van der Waals surface area contributed by atoms with E-state index in [0.717, 1.165) is 49.0 Å². The van der Waals surface area contributed by atoms with Crippen molar-refractivity contribution in [3.63, 3.8) is 0 Å². The first-order valence-electron chi connectivity index (χ1n) is 7.85. The Hall–Kier alpha value is 0.479. The van der Waals surface area contributed by atoms with Crippen LogP contribution in [0.4, 0.5) is 0 Å². The second-order valence-electron chi connectivity index (χ2n) is 6.76. The molecule has 1 nitrogen and oxygen atoms in total. The molecule has 0 bridgehead atoms. The Labute approximate surface area is 120 Å². The van der Waals surface area contributed by atoms with Gasteiger partial charge in [0.25, 0.3) is 0 Å². The number of hydrogen-bond acceptors (Lipinski definition) is 1. The van der Waals surface area contributed by atoms with E-state index in [1.165, 1.54) is 32.1 Å². The van der Waals surface area contributed by atoms with Gasteiger partial charge in [0.2, 0.25) is 0 Å². The van der Waals surface area contributed by atoms with Crippen LogP contribution in [-0.4, -0.2) is 27.7 Å². The van der Waals surface area contributed by atoms with Gasteiger partial charge in [0.05, 0.1) is 0 Å². The van der Waals surface area contributed by atoms with E-state index in [4.69, 9.17) is 4.74 Å². The number of ether oxygens (including phenoxy) is 1. The summed E-state index contributed by atoms with van der Waals surface area (Å²) in [5, 5.41) is 0. The summed E-state index contributed by atoms with van der Waals surface area (Å²) in [4.78, 5) is 1.84. The Morgan fingerprint density at radius 1 is 1.11 bits per heavy atom. The fourth-order valence-electron chi connectivity index (χ4n) is 3.61. The van der Waals surface area contributed by atoms with Gasteiger partial charge < -0.3 is 0 Å². The van der Waals surface area contributed by atoms with Crippen LogP contribution in [0.2, 0.25) is 9.63 Å². The molecule has 0 aromatic carbocycles. The monoisotopic (exact) mass is 318 g/mol. The van der Waals surface area contributed by atoms with Crippen LogP contribution in [0.5, 0.6) is 0 Å². The Morgan fingerprint density at radius 2 is 1.89 bits per heavy atom. The van der Waals surface area contributed by atoms with E-state index in [9.17, 15) is 0 Å². The van der Waals surface area contributed by atoms with Crippen molar-refractivity contribution in [1.29, 1.82) is 0 Å². The van der Waals surface area contributed by atoms with Crippen LogP contribution < -0.4 is 0 Å². The maximum absolute atomic E-state index is 5.89. The van der Waals surface area contributed by atoms with E-state index in [2.05, 4.69) is 27.7 Å². The van der Waals surface area contributed by atoms with Crippen molar-refractivity contribution in [1.82, 2.24) is 0 Å². The molecule has 0 aromatic heterocycles. The van der Waals surface area contributed by atoms with Crippen molar-refractivity contribution in [3.05, 3.63) is 0 Å². The van der Waals surface area contributed by atoms with Crippen LogP contribution in [-0.2, 0) is 4.74 Å². The first kappa shape index (κ1) is 14.9. The van der Waals surface area contributed by atoms with Gasteiger partial charge in [-0.1, -0.05) is 0 Å². The van der Waals surface area contributed by atoms with Crippen LogP contribution in [0.25, 0.3) is 0 Å². The number of hydrogen-bond donors (Lipinski definition) is 0. The summed E-state index contributed by atoms with van der Waals surface area (Å²) in [5.41, 5.74) is 0. The molecule has 5 atom stereocenters. The van der Waals surface area contributed by atoms with Crippen molar-refractivity contribution >= 4 is 15.0 Å². The summed E-state index contributed by atoms with van der Waals surface area (Å²) < 4.78 is 5.89. The molecular formula is C16H30OSe. The standard InChI is InChI=1S/C16H30OSe/c1-11(2)14-8-7-12(3)10-16(14)18-13(4)15-6-5-9-17-15/h11-16H,5-10H2,1-4H3/t12-,13-,14+,15+,16+/m1/s1. The van der Waals surface area contributed by atoms with Gasteiger partial charge in [-0.15, -0.1) is 0 Å². The molecular weight excluding hydrogens is 287 g/mol.